The van der Waals surface area contributed by atoms with E-state index in [9.17, 15) is 22.7 Å². The van der Waals surface area contributed by atoms with Crippen LogP contribution in [0, 0.1) is 5.82 Å². The number of benzene rings is 2. The Morgan fingerprint density at radius 1 is 1.24 bits per heavy atom. The smallest absolute Gasteiger partial charge is 0.323 e. The first-order valence-corrected chi connectivity index (χ1v) is 11.3. The number of carbonyl (C=O) groups is 1. The number of halogens is 1. The lowest BCUT2D eigenvalue weighted by Gasteiger charge is -2.42. The van der Waals surface area contributed by atoms with Gasteiger partial charge in [-0.25, -0.2) is 12.8 Å². The van der Waals surface area contributed by atoms with Gasteiger partial charge in [0.1, 0.15) is 17.6 Å². The molecule has 9 heteroatoms. The minimum Gasteiger partial charge on any atom is -0.496 e. The van der Waals surface area contributed by atoms with Gasteiger partial charge in [-0.15, -0.1) is 0 Å². The maximum absolute atomic E-state index is 13.7. The predicted octanol–water partition coefficient (Wildman–Crippen LogP) is 3.47. The number of ether oxygens (including phenoxy) is 1. The molecule has 0 bridgehead atoms. The maximum Gasteiger partial charge on any atom is 0.323 e. The molecule has 0 spiro atoms. The van der Waals surface area contributed by atoms with E-state index in [-0.39, 0.29) is 11.4 Å². The number of aliphatic carboxylic acids is 1. The molecule has 1 N–H and O–H groups in total. The van der Waals surface area contributed by atoms with Gasteiger partial charge < -0.3 is 9.84 Å². The number of hydrogen-bond donors (Lipinski definition) is 1. The zero-order valence-corrected chi connectivity index (χ0v) is 17.9. The number of methoxy groups -OCH3 is 1. The highest BCUT2D eigenvalue weighted by atomic mass is 32.2. The number of carboxylic acids is 1. The van der Waals surface area contributed by atoms with E-state index in [1.807, 2.05) is 0 Å². The molecule has 1 saturated heterocycles. The molecule has 0 aromatic heterocycles. The Labute approximate surface area is 173 Å². The summed E-state index contributed by atoms with van der Waals surface area (Å²) >= 11 is 1.44. The SMILES string of the molecule is COc1ccc(F)cc1-c1ccc(S(=O)(=O)N2CCSC(C)(C)[C@@H]2C(=O)O)cc1. The maximum atomic E-state index is 13.7. The topological polar surface area (TPSA) is 83.9 Å². The normalized spacial score (nSPS) is 19.7. The molecule has 1 atom stereocenters. The number of sulfonamides is 1. The lowest BCUT2D eigenvalue weighted by atomic mass is 10.0. The van der Waals surface area contributed by atoms with Crippen molar-refractivity contribution in [2.24, 2.45) is 0 Å². The van der Waals surface area contributed by atoms with Crippen molar-refractivity contribution in [2.75, 3.05) is 19.4 Å². The first-order chi connectivity index (χ1) is 13.6. The second-order valence-corrected chi connectivity index (χ2v) is 10.8. The highest BCUT2D eigenvalue weighted by Gasteiger charge is 2.48. The minimum atomic E-state index is -4.02. The molecule has 0 amide bonds. The molecule has 0 unspecified atom stereocenters. The van der Waals surface area contributed by atoms with Crippen LogP contribution in [0.4, 0.5) is 4.39 Å². The van der Waals surface area contributed by atoms with Crippen LogP contribution in [0.2, 0.25) is 0 Å². The van der Waals surface area contributed by atoms with Crippen LogP contribution in [0.15, 0.2) is 47.4 Å². The summed E-state index contributed by atoms with van der Waals surface area (Å²) in [4.78, 5) is 11.8. The van der Waals surface area contributed by atoms with Crippen molar-refractivity contribution in [3.05, 3.63) is 48.3 Å². The molecule has 1 fully saturated rings. The zero-order chi connectivity index (χ0) is 21.4. The Bertz CT molecular complexity index is 1020. The Kier molecular flexibility index (Phi) is 5.93. The summed E-state index contributed by atoms with van der Waals surface area (Å²) in [5.74, 6) is -0.640. The Balaban J connectivity index is 1.99. The predicted molar refractivity (Wildman–Crippen MR) is 110 cm³/mol. The van der Waals surface area contributed by atoms with Crippen molar-refractivity contribution < 1.29 is 27.4 Å². The van der Waals surface area contributed by atoms with E-state index in [2.05, 4.69) is 0 Å². The quantitative estimate of drug-likeness (QED) is 0.768. The molecule has 1 heterocycles. The highest BCUT2D eigenvalue weighted by molar-refractivity contribution is 8.00. The van der Waals surface area contributed by atoms with E-state index in [1.54, 1.807) is 26.0 Å². The molecule has 6 nitrogen and oxygen atoms in total. The fourth-order valence-electron chi connectivity index (χ4n) is 3.48. The van der Waals surface area contributed by atoms with E-state index in [0.717, 1.165) is 4.31 Å². The van der Waals surface area contributed by atoms with Crippen LogP contribution < -0.4 is 4.74 Å². The van der Waals surface area contributed by atoms with E-state index < -0.39 is 32.6 Å². The van der Waals surface area contributed by atoms with Crippen LogP contribution in [-0.4, -0.2) is 54.0 Å². The molecule has 2 aromatic rings. The van der Waals surface area contributed by atoms with Crippen molar-refractivity contribution in [2.45, 2.75) is 29.5 Å². The Morgan fingerprint density at radius 2 is 1.90 bits per heavy atom. The molecule has 3 rings (SSSR count). The lowest BCUT2D eigenvalue weighted by molar-refractivity contribution is -0.142. The molecule has 1 aliphatic rings. The fraction of sp³-hybridized carbons (Fsp3) is 0.350. The van der Waals surface area contributed by atoms with Gasteiger partial charge in [-0.2, -0.15) is 16.1 Å². The summed E-state index contributed by atoms with van der Waals surface area (Å²) in [6.45, 7) is 3.59. The van der Waals surface area contributed by atoms with E-state index in [1.165, 1.54) is 49.2 Å². The summed E-state index contributed by atoms with van der Waals surface area (Å²) in [6, 6.07) is 8.85. The summed E-state index contributed by atoms with van der Waals surface area (Å²) < 4.78 is 45.6. The second-order valence-electron chi connectivity index (χ2n) is 7.18. The van der Waals surface area contributed by atoms with Crippen LogP contribution in [0.5, 0.6) is 5.75 Å². The average molecular weight is 440 g/mol. The van der Waals surface area contributed by atoms with Gasteiger partial charge in [0.05, 0.1) is 12.0 Å². The van der Waals surface area contributed by atoms with E-state index >= 15 is 0 Å². The standard InChI is InChI=1S/C20H22FNO5S2/c1-20(2)18(19(23)24)22(10-11-28-20)29(25,26)15-7-4-13(5-8-15)16-12-14(21)6-9-17(16)27-3/h4-9,12,18H,10-11H2,1-3H3,(H,23,24)/t18-/m0/s1. The molecule has 1 aliphatic heterocycles. The minimum absolute atomic E-state index is 0.00873. The largest absolute Gasteiger partial charge is 0.496 e. The van der Waals surface area contributed by atoms with Crippen LogP contribution in [0.3, 0.4) is 0 Å². The Hall–Kier alpha value is -2.10. The van der Waals surface area contributed by atoms with Crippen molar-refractivity contribution >= 4 is 27.8 Å². The third-order valence-corrected chi connectivity index (χ3v) is 8.13. The first-order valence-electron chi connectivity index (χ1n) is 8.90. The third kappa shape index (κ3) is 4.12. The Morgan fingerprint density at radius 3 is 2.48 bits per heavy atom. The monoisotopic (exact) mass is 439 g/mol. The second kappa shape index (κ2) is 7.97. The number of rotatable bonds is 5. The van der Waals surface area contributed by atoms with Gasteiger partial charge >= 0.3 is 5.97 Å². The van der Waals surface area contributed by atoms with Gasteiger partial charge in [-0.1, -0.05) is 12.1 Å². The number of thioether (sulfide) groups is 1. The molecule has 29 heavy (non-hydrogen) atoms. The molecule has 0 radical (unpaired) electrons. The van der Waals surface area contributed by atoms with Crippen molar-refractivity contribution in [3.8, 4) is 16.9 Å². The number of carboxylic acid groups (broad SMARTS) is 1. The molecule has 2 aromatic carbocycles. The summed E-state index contributed by atoms with van der Waals surface area (Å²) in [5.41, 5.74) is 1.08. The third-order valence-electron chi connectivity index (χ3n) is 4.90. The average Bonchev–Trinajstić information content (AvgIpc) is 2.66. The van der Waals surface area contributed by atoms with Crippen LogP contribution in [0.1, 0.15) is 13.8 Å². The molecule has 156 valence electrons. The molecule has 0 aliphatic carbocycles. The van der Waals surface area contributed by atoms with Crippen LogP contribution in [0.25, 0.3) is 11.1 Å². The number of nitrogens with zero attached hydrogens (tertiary/aromatic N) is 1. The molecular weight excluding hydrogens is 417 g/mol. The van der Waals surface area contributed by atoms with E-state index in [0.29, 0.717) is 22.6 Å². The van der Waals surface area contributed by atoms with Gasteiger partial charge in [0.25, 0.3) is 0 Å². The molecular formula is C20H22FNO5S2. The van der Waals surface area contributed by atoms with Gasteiger partial charge in [-0.3, -0.25) is 4.79 Å². The molecule has 0 saturated carbocycles. The van der Waals surface area contributed by atoms with Gasteiger partial charge in [-0.05, 0) is 49.7 Å². The summed E-state index contributed by atoms with van der Waals surface area (Å²) in [7, 11) is -2.55. The van der Waals surface area contributed by atoms with Gasteiger partial charge in [0, 0.05) is 22.6 Å². The zero-order valence-electron chi connectivity index (χ0n) is 16.3. The van der Waals surface area contributed by atoms with Gasteiger partial charge in [0.2, 0.25) is 10.0 Å². The van der Waals surface area contributed by atoms with Gasteiger partial charge in [0.15, 0.2) is 0 Å². The van der Waals surface area contributed by atoms with Crippen LogP contribution in [-0.2, 0) is 14.8 Å². The first kappa shape index (κ1) is 21.6. The lowest BCUT2D eigenvalue weighted by Crippen LogP contribution is -2.58. The van der Waals surface area contributed by atoms with Crippen molar-refractivity contribution in [1.82, 2.24) is 4.31 Å². The van der Waals surface area contributed by atoms with Crippen molar-refractivity contribution in [1.29, 1.82) is 0 Å². The van der Waals surface area contributed by atoms with E-state index in [4.69, 9.17) is 4.74 Å². The number of hydrogen-bond acceptors (Lipinski definition) is 5. The fourth-order valence-corrected chi connectivity index (χ4v) is 6.58. The summed E-state index contributed by atoms with van der Waals surface area (Å²) in [5, 5.41) is 9.66. The van der Waals surface area contributed by atoms with Crippen LogP contribution >= 0.6 is 11.8 Å². The highest BCUT2D eigenvalue weighted by Crippen LogP contribution is 2.39. The van der Waals surface area contributed by atoms with Crippen molar-refractivity contribution in [3.63, 3.8) is 0 Å². The summed E-state index contributed by atoms with van der Waals surface area (Å²) in [6.07, 6.45) is 0.